The Labute approximate surface area is 60.7 Å². The fourth-order valence-corrected chi connectivity index (χ4v) is 0.517. The molecule has 0 nitrogen and oxygen atoms in total. The molecule has 0 saturated heterocycles. The molecule has 0 aromatic carbocycles. The van der Waals surface area contributed by atoms with Crippen LogP contribution in [0.2, 0.25) is 0 Å². The Balaban J connectivity index is 4.27. The lowest BCUT2D eigenvalue weighted by Crippen LogP contribution is -2.32. The summed E-state index contributed by atoms with van der Waals surface area (Å²) in [6, 6.07) is 0. The van der Waals surface area contributed by atoms with Crippen molar-refractivity contribution in [2.75, 3.05) is 6.67 Å². The maximum absolute atomic E-state index is 12.2. The predicted molar refractivity (Wildman–Crippen MR) is 30.6 cm³/mol. The number of allylic oxidation sites excluding steroid dienone is 1. The molecule has 0 aromatic heterocycles. The van der Waals surface area contributed by atoms with E-state index in [4.69, 9.17) is 0 Å². The molecule has 0 saturated carbocycles. The zero-order chi connectivity index (χ0) is 9.07. The minimum Gasteiger partial charge on any atom is -0.250 e. The molecular formula is C6H7F5. The third-order valence-electron chi connectivity index (χ3n) is 1.20. The van der Waals surface area contributed by atoms with Gasteiger partial charge in [0.15, 0.2) is 0 Å². The molecule has 2 atom stereocenters. The molecule has 0 amide bonds. The van der Waals surface area contributed by atoms with Crippen molar-refractivity contribution in [3.63, 3.8) is 0 Å². The van der Waals surface area contributed by atoms with Crippen LogP contribution in [0.15, 0.2) is 12.7 Å². The maximum atomic E-state index is 12.2. The average molecular weight is 174 g/mol. The minimum atomic E-state index is -4.83. The van der Waals surface area contributed by atoms with Gasteiger partial charge in [0.1, 0.15) is 18.8 Å². The SMILES string of the molecule is C=CC(F)C(CF)C(F)(F)F. The highest BCUT2D eigenvalue weighted by molar-refractivity contribution is 4.88. The fourth-order valence-electron chi connectivity index (χ4n) is 0.517. The van der Waals surface area contributed by atoms with Crippen LogP contribution in [0, 0.1) is 5.92 Å². The highest BCUT2D eigenvalue weighted by Gasteiger charge is 2.44. The molecule has 0 bridgehead atoms. The Bertz CT molecular complexity index is 127. The summed E-state index contributed by atoms with van der Waals surface area (Å²) in [4.78, 5) is 0. The molecule has 66 valence electrons. The highest BCUT2D eigenvalue weighted by atomic mass is 19.4. The van der Waals surface area contributed by atoms with E-state index in [-0.39, 0.29) is 0 Å². The summed E-state index contributed by atoms with van der Waals surface area (Å²) in [6.45, 7) is 1.05. The quantitative estimate of drug-likeness (QED) is 0.455. The van der Waals surface area contributed by atoms with Crippen LogP contribution < -0.4 is 0 Å². The standard InChI is InChI=1S/C6H7F5/c1-2-5(8)4(3-7)6(9,10)11/h2,4-5H,1,3H2. The summed E-state index contributed by atoms with van der Waals surface area (Å²) in [7, 11) is 0. The average Bonchev–Trinajstić information content (AvgIpc) is 1.86. The van der Waals surface area contributed by atoms with Gasteiger partial charge in [-0.15, -0.1) is 6.58 Å². The van der Waals surface area contributed by atoms with Gasteiger partial charge in [-0.05, 0) is 0 Å². The van der Waals surface area contributed by atoms with Gasteiger partial charge in [-0.2, -0.15) is 13.2 Å². The molecule has 0 radical (unpaired) electrons. The van der Waals surface area contributed by atoms with Crippen molar-refractivity contribution in [2.24, 2.45) is 5.92 Å². The minimum absolute atomic E-state index is 0.442. The van der Waals surface area contributed by atoms with E-state index < -0.39 is 24.9 Å². The Hall–Kier alpha value is -0.610. The molecule has 0 aromatic rings. The lowest BCUT2D eigenvalue weighted by atomic mass is 10.1. The van der Waals surface area contributed by atoms with Crippen LogP contribution in [0.25, 0.3) is 0 Å². The normalized spacial score (nSPS) is 17.5. The third kappa shape index (κ3) is 2.86. The number of halogens is 5. The molecule has 0 fully saturated rings. The molecule has 2 unspecified atom stereocenters. The third-order valence-corrected chi connectivity index (χ3v) is 1.20. The Kier molecular flexibility index (Phi) is 3.48. The van der Waals surface area contributed by atoms with E-state index in [1.165, 1.54) is 0 Å². The first kappa shape index (κ1) is 10.4. The first-order valence-electron chi connectivity index (χ1n) is 2.82. The second-order valence-corrected chi connectivity index (χ2v) is 1.98. The van der Waals surface area contributed by atoms with Crippen LogP contribution >= 0.6 is 0 Å². The van der Waals surface area contributed by atoms with Crippen molar-refractivity contribution in [3.8, 4) is 0 Å². The summed E-state index contributed by atoms with van der Waals surface area (Å²) in [6.07, 6.45) is -6.75. The van der Waals surface area contributed by atoms with Crippen molar-refractivity contribution >= 4 is 0 Å². The van der Waals surface area contributed by atoms with Gasteiger partial charge in [0.05, 0.1) is 0 Å². The molecule has 0 N–H and O–H groups in total. The van der Waals surface area contributed by atoms with Crippen LogP contribution in [0.4, 0.5) is 22.0 Å². The van der Waals surface area contributed by atoms with Crippen molar-refractivity contribution in [1.82, 2.24) is 0 Å². The van der Waals surface area contributed by atoms with E-state index in [1.54, 1.807) is 0 Å². The fraction of sp³-hybridized carbons (Fsp3) is 0.667. The molecule has 0 heterocycles. The Morgan fingerprint density at radius 1 is 1.36 bits per heavy atom. The number of alkyl halides is 5. The van der Waals surface area contributed by atoms with Crippen molar-refractivity contribution in [1.29, 1.82) is 0 Å². The van der Waals surface area contributed by atoms with Crippen molar-refractivity contribution < 1.29 is 22.0 Å². The molecule has 0 spiro atoms. The van der Waals surface area contributed by atoms with E-state index in [2.05, 4.69) is 6.58 Å². The van der Waals surface area contributed by atoms with Gasteiger partial charge >= 0.3 is 6.18 Å². The number of rotatable bonds is 3. The summed E-state index contributed by atoms with van der Waals surface area (Å²) in [5, 5.41) is 0. The molecular weight excluding hydrogens is 167 g/mol. The molecule has 0 aliphatic carbocycles. The smallest absolute Gasteiger partial charge is 0.250 e. The summed E-state index contributed by atoms with van der Waals surface area (Å²) >= 11 is 0. The van der Waals surface area contributed by atoms with Gasteiger partial charge in [-0.3, -0.25) is 4.39 Å². The zero-order valence-electron chi connectivity index (χ0n) is 5.54. The Morgan fingerprint density at radius 2 is 1.82 bits per heavy atom. The molecule has 0 aliphatic heterocycles. The maximum Gasteiger partial charge on any atom is 0.397 e. The largest absolute Gasteiger partial charge is 0.397 e. The van der Waals surface area contributed by atoms with Gasteiger partial charge in [-0.1, -0.05) is 6.08 Å². The number of hydrogen-bond donors (Lipinski definition) is 0. The van der Waals surface area contributed by atoms with Crippen LogP contribution in [0.1, 0.15) is 0 Å². The van der Waals surface area contributed by atoms with Crippen molar-refractivity contribution in [3.05, 3.63) is 12.7 Å². The van der Waals surface area contributed by atoms with E-state index in [1.807, 2.05) is 0 Å². The molecule has 11 heavy (non-hydrogen) atoms. The number of hydrogen-bond acceptors (Lipinski definition) is 0. The second-order valence-electron chi connectivity index (χ2n) is 1.98. The van der Waals surface area contributed by atoms with E-state index >= 15 is 0 Å². The lowest BCUT2D eigenvalue weighted by molar-refractivity contribution is -0.189. The van der Waals surface area contributed by atoms with E-state index in [9.17, 15) is 22.0 Å². The van der Waals surface area contributed by atoms with Gasteiger partial charge in [-0.25, -0.2) is 4.39 Å². The van der Waals surface area contributed by atoms with E-state index in [0.29, 0.717) is 6.08 Å². The van der Waals surface area contributed by atoms with Crippen molar-refractivity contribution in [2.45, 2.75) is 12.3 Å². The van der Waals surface area contributed by atoms with Crippen LogP contribution in [-0.4, -0.2) is 19.0 Å². The molecule has 5 heteroatoms. The van der Waals surface area contributed by atoms with Gasteiger partial charge in [0, 0.05) is 0 Å². The highest BCUT2D eigenvalue weighted by Crippen LogP contribution is 2.30. The summed E-state index contributed by atoms with van der Waals surface area (Å²) in [5.41, 5.74) is 0. The van der Waals surface area contributed by atoms with E-state index in [0.717, 1.165) is 0 Å². The van der Waals surface area contributed by atoms with Gasteiger partial charge in [0.25, 0.3) is 0 Å². The Morgan fingerprint density at radius 3 is 1.91 bits per heavy atom. The molecule has 0 aliphatic rings. The summed E-state index contributed by atoms with van der Waals surface area (Å²) < 4.78 is 58.7. The van der Waals surface area contributed by atoms with Crippen LogP contribution in [0.5, 0.6) is 0 Å². The second kappa shape index (κ2) is 3.69. The van der Waals surface area contributed by atoms with Crippen LogP contribution in [-0.2, 0) is 0 Å². The summed E-state index contributed by atoms with van der Waals surface area (Å²) in [5.74, 6) is -2.57. The first-order valence-corrected chi connectivity index (χ1v) is 2.82. The first-order chi connectivity index (χ1) is 4.93. The predicted octanol–water partition coefficient (Wildman–Crippen LogP) is 2.66. The molecule has 0 rings (SSSR count). The topological polar surface area (TPSA) is 0 Å². The zero-order valence-corrected chi connectivity index (χ0v) is 5.54. The lowest BCUT2D eigenvalue weighted by Gasteiger charge is -2.17. The van der Waals surface area contributed by atoms with Crippen LogP contribution in [0.3, 0.4) is 0 Å². The monoisotopic (exact) mass is 174 g/mol. The van der Waals surface area contributed by atoms with Gasteiger partial charge in [0.2, 0.25) is 0 Å². The van der Waals surface area contributed by atoms with Gasteiger partial charge < -0.3 is 0 Å².